The molecule has 17 heteroatoms. The fraction of sp³-hybridized carbons (Fsp3) is 0.353. The first-order valence-electron chi connectivity index (χ1n) is 9.58. The van der Waals surface area contributed by atoms with Gasteiger partial charge < -0.3 is 29.7 Å². The van der Waals surface area contributed by atoms with Gasteiger partial charge in [0.15, 0.2) is 22.5 Å². The Morgan fingerprint density at radius 2 is 1.97 bits per heavy atom. The van der Waals surface area contributed by atoms with Crippen LogP contribution in [0.3, 0.4) is 0 Å². The number of nitro benzene ring substituents is 1. The van der Waals surface area contributed by atoms with E-state index in [1.165, 1.54) is 16.7 Å². The van der Waals surface area contributed by atoms with Crippen LogP contribution >= 0.6 is 19.6 Å². The van der Waals surface area contributed by atoms with Crippen molar-refractivity contribution in [2.45, 2.75) is 35.4 Å². The van der Waals surface area contributed by atoms with E-state index in [1.807, 2.05) is 0 Å². The first-order chi connectivity index (χ1) is 16.0. The Balaban J connectivity index is 1.64. The summed E-state index contributed by atoms with van der Waals surface area (Å²) in [5.41, 5.74) is 0.0562. The largest absolute Gasteiger partial charge is 0.469 e. The highest BCUT2D eigenvalue weighted by Gasteiger charge is 2.46. The average Bonchev–Trinajstić information content (AvgIpc) is 3.29. The molecule has 4 unspecified atom stereocenters. The first-order valence-corrected chi connectivity index (χ1v) is 12.1. The molecule has 0 saturated carbocycles. The minimum Gasteiger partial charge on any atom is -0.387 e. The molecule has 1 aromatic carbocycles. The Morgan fingerprint density at radius 3 is 2.62 bits per heavy atom. The fourth-order valence-electron chi connectivity index (χ4n) is 3.34. The smallest absolute Gasteiger partial charge is 0.387 e. The summed E-state index contributed by atoms with van der Waals surface area (Å²) in [6.45, 7) is -0.703. The van der Waals surface area contributed by atoms with Gasteiger partial charge in [-0.05, 0) is 5.56 Å². The van der Waals surface area contributed by atoms with E-state index in [0.717, 1.165) is 18.1 Å². The number of aliphatic hydroxyl groups excluding tert-OH is 2. The molecule has 3 aromatic rings. The van der Waals surface area contributed by atoms with E-state index in [-0.39, 0.29) is 27.8 Å². The number of thioether (sulfide) groups is 1. The molecule has 0 amide bonds. The molecule has 0 radical (unpaired) electrons. The molecule has 3 heterocycles. The maximum Gasteiger partial charge on any atom is 0.469 e. The van der Waals surface area contributed by atoms with E-state index < -0.39 is 49.5 Å². The van der Waals surface area contributed by atoms with Crippen molar-refractivity contribution in [1.29, 1.82) is 0 Å². The molecule has 5 N–H and O–H groups in total. The van der Waals surface area contributed by atoms with E-state index in [1.54, 1.807) is 12.1 Å². The number of fused-ring (bicyclic) bond motifs is 1. The number of phosphoric ester groups is 1. The predicted molar refractivity (Wildman–Crippen MR) is 115 cm³/mol. The fourth-order valence-corrected chi connectivity index (χ4v) is 4.66. The summed E-state index contributed by atoms with van der Waals surface area (Å²) in [6, 6.07) is 5.81. The van der Waals surface area contributed by atoms with Crippen molar-refractivity contribution >= 4 is 36.4 Å². The third kappa shape index (κ3) is 5.03. The number of nitro groups is 1. The van der Waals surface area contributed by atoms with Gasteiger partial charge in [-0.1, -0.05) is 23.9 Å². The minimum atomic E-state index is -4.85. The Bertz CT molecular complexity index is 1310. The Kier molecular flexibility index (Phi) is 6.84. The topological polar surface area (TPSA) is 223 Å². The molecule has 1 fully saturated rings. The van der Waals surface area contributed by atoms with E-state index >= 15 is 0 Å². The van der Waals surface area contributed by atoms with Crippen molar-refractivity contribution in [3.8, 4) is 0 Å². The number of benzene rings is 1. The molecular weight excluding hydrogens is 497 g/mol. The van der Waals surface area contributed by atoms with E-state index in [4.69, 9.17) is 14.5 Å². The van der Waals surface area contributed by atoms with E-state index in [2.05, 4.69) is 19.5 Å². The molecular formula is C17H18N5O10PS. The number of phosphoric acid groups is 1. The van der Waals surface area contributed by atoms with Gasteiger partial charge in [0.25, 0.3) is 11.2 Å². The van der Waals surface area contributed by atoms with Crippen LogP contribution in [0.4, 0.5) is 5.69 Å². The Labute approximate surface area is 193 Å². The van der Waals surface area contributed by atoms with Gasteiger partial charge in [0.2, 0.25) is 0 Å². The predicted octanol–water partition coefficient (Wildman–Crippen LogP) is 0.0486. The minimum absolute atomic E-state index is 0.0442. The van der Waals surface area contributed by atoms with Crippen molar-refractivity contribution < 1.29 is 38.7 Å². The average molecular weight is 515 g/mol. The Morgan fingerprint density at radius 1 is 1.26 bits per heavy atom. The van der Waals surface area contributed by atoms with Gasteiger partial charge in [-0.3, -0.25) is 24.0 Å². The van der Waals surface area contributed by atoms with Crippen LogP contribution in [0.5, 0.6) is 0 Å². The monoisotopic (exact) mass is 515 g/mol. The molecule has 0 aliphatic carbocycles. The maximum absolute atomic E-state index is 12.3. The normalized spacial score (nSPS) is 22.9. The van der Waals surface area contributed by atoms with Crippen LogP contribution in [-0.4, -0.2) is 69.4 Å². The second-order valence-electron chi connectivity index (χ2n) is 7.21. The summed E-state index contributed by atoms with van der Waals surface area (Å²) in [6.07, 6.45) is -4.61. The van der Waals surface area contributed by atoms with Gasteiger partial charge in [0.05, 0.1) is 17.9 Å². The lowest BCUT2D eigenvalue weighted by molar-refractivity contribution is -0.384. The van der Waals surface area contributed by atoms with Crippen molar-refractivity contribution in [2.24, 2.45) is 0 Å². The number of aromatic nitrogens is 4. The molecule has 2 aromatic heterocycles. The summed E-state index contributed by atoms with van der Waals surface area (Å²) < 4.78 is 22.3. The van der Waals surface area contributed by atoms with Crippen LogP contribution in [0.25, 0.3) is 11.2 Å². The van der Waals surface area contributed by atoms with E-state index in [9.17, 15) is 29.7 Å². The standard InChI is InChI=1S/C17H18N5O10PS/c23-12-10(5-31-33(28,29)30)32-16(13(12)24)21-14-11(15(25)19-7-18-14)20-17(21)34-6-8-1-3-9(4-2-8)22(26)27/h1-4,7,10,12-13,16,23-24H,5-6H2,(H,18,19,25)(H2,28,29,30). The molecule has 4 atom stereocenters. The number of non-ortho nitro benzene ring substituents is 1. The number of H-pyrrole nitrogens is 1. The number of aromatic amines is 1. The second kappa shape index (κ2) is 9.52. The second-order valence-corrected chi connectivity index (χ2v) is 9.39. The number of aliphatic hydroxyl groups is 2. The molecule has 1 aliphatic rings. The summed E-state index contributed by atoms with van der Waals surface area (Å²) in [4.78, 5) is 51.1. The van der Waals surface area contributed by atoms with Crippen molar-refractivity contribution in [1.82, 2.24) is 19.5 Å². The zero-order valence-electron chi connectivity index (χ0n) is 17.0. The lowest BCUT2D eigenvalue weighted by atomic mass is 10.1. The molecule has 1 saturated heterocycles. The zero-order valence-corrected chi connectivity index (χ0v) is 18.7. The number of nitrogens with zero attached hydrogens (tertiary/aromatic N) is 4. The zero-order chi connectivity index (χ0) is 24.6. The van der Waals surface area contributed by atoms with Gasteiger partial charge in [-0.2, -0.15) is 0 Å². The van der Waals surface area contributed by atoms with Gasteiger partial charge >= 0.3 is 7.82 Å². The molecule has 0 bridgehead atoms. The Hall–Kier alpha value is -2.69. The van der Waals surface area contributed by atoms with Crippen LogP contribution in [0.1, 0.15) is 11.8 Å². The quantitative estimate of drug-likeness (QED) is 0.116. The van der Waals surface area contributed by atoms with Crippen molar-refractivity contribution in [3.63, 3.8) is 0 Å². The molecule has 34 heavy (non-hydrogen) atoms. The highest BCUT2D eigenvalue weighted by molar-refractivity contribution is 7.98. The third-order valence-corrected chi connectivity index (χ3v) is 6.47. The van der Waals surface area contributed by atoms with Crippen LogP contribution in [0, 0.1) is 10.1 Å². The van der Waals surface area contributed by atoms with Crippen molar-refractivity contribution in [3.05, 3.63) is 56.6 Å². The molecule has 182 valence electrons. The summed E-state index contributed by atoms with van der Waals surface area (Å²) in [5, 5.41) is 31.9. The highest BCUT2D eigenvalue weighted by Crippen LogP contribution is 2.40. The number of ether oxygens (including phenoxy) is 1. The van der Waals surface area contributed by atoms with Gasteiger partial charge in [-0.15, -0.1) is 0 Å². The summed E-state index contributed by atoms with van der Waals surface area (Å²) >= 11 is 1.12. The third-order valence-electron chi connectivity index (χ3n) is 4.96. The van der Waals surface area contributed by atoms with Crippen LogP contribution in [0.2, 0.25) is 0 Å². The van der Waals surface area contributed by atoms with Crippen LogP contribution < -0.4 is 5.56 Å². The van der Waals surface area contributed by atoms with Crippen LogP contribution in [0.15, 0.2) is 40.5 Å². The number of rotatable bonds is 8. The van der Waals surface area contributed by atoms with Crippen LogP contribution in [-0.2, 0) is 19.6 Å². The SMILES string of the molecule is O=c1[nH]cnc2c1nc(SCc1ccc([N+](=O)[O-])cc1)n2C1OC(COP(=O)(O)O)C(O)C1O. The van der Waals surface area contributed by atoms with Crippen molar-refractivity contribution in [2.75, 3.05) is 6.61 Å². The molecule has 4 rings (SSSR count). The molecule has 1 aliphatic heterocycles. The number of hydrogen-bond acceptors (Lipinski definition) is 11. The van der Waals surface area contributed by atoms with Gasteiger partial charge in [0.1, 0.15) is 18.3 Å². The van der Waals surface area contributed by atoms with Gasteiger partial charge in [0, 0.05) is 17.9 Å². The maximum atomic E-state index is 12.3. The summed E-state index contributed by atoms with van der Waals surface area (Å²) in [5.74, 6) is 0.273. The number of hydrogen-bond donors (Lipinski definition) is 5. The first kappa shape index (κ1) is 24.4. The number of nitrogens with one attached hydrogen (secondary N) is 1. The van der Waals surface area contributed by atoms with Gasteiger partial charge in [-0.25, -0.2) is 14.5 Å². The summed E-state index contributed by atoms with van der Waals surface area (Å²) in [7, 11) is -4.85. The molecule has 0 spiro atoms. The lowest BCUT2D eigenvalue weighted by Crippen LogP contribution is -2.33. The van der Waals surface area contributed by atoms with E-state index in [0.29, 0.717) is 5.56 Å². The number of imidazole rings is 1. The lowest BCUT2D eigenvalue weighted by Gasteiger charge is -2.19. The molecule has 15 nitrogen and oxygen atoms in total. The highest BCUT2D eigenvalue weighted by atomic mass is 32.2.